The molecule has 2 N–H and O–H groups in total. The zero-order chi connectivity index (χ0) is 19.4. The summed E-state index contributed by atoms with van der Waals surface area (Å²) in [5, 5.41) is 25.6. The van der Waals surface area contributed by atoms with E-state index in [4.69, 9.17) is 4.74 Å². The summed E-state index contributed by atoms with van der Waals surface area (Å²) in [6.07, 6.45) is 2.35. The number of H-pyrrole nitrogens is 1. The third-order valence-electron chi connectivity index (χ3n) is 4.20. The standard InChI is InChI=1S/C18H21N7O2/c1-4-7-25-14-6-5-13(8-15(14)27-11-18(2,3)17(25)26)20-10-12(9-19)16-21-23-24-22-16/h5-6,8,10,20H,4,7,11H2,1-3H3,(H,21,22,23,24). The molecule has 0 aliphatic carbocycles. The smallest absolute Gasteiger partial charge is 0.236 e. The topological polar surface area (TPSA) is 120 Å². The molecule has 1 aliphatic rings. The average molecular weight is 367 g/mol. The number of carbonyl (C=O) groups is 1. The Bertz CT molecular complexity index is 897. The average Bonchev–Trinajstić information content (AvgIpc) is 3.16. The maximum absolute atomic E-state index is 12.9. The number of tetrazole rings is 1. The lowest BCUT2D eigenvalue weighted by Gasteiger charge is -2.27. The first-order valence-corrected chi connectivity index (χ1v) is 8.65. The van der Waals surface area contributed by atoms with Gasteiger partial charge in [-0.05, 0) is 37.6 Å². The van der Waals surface area contributed by atoms with Crippen LogP contribution < -0.4 is 15.0 Å². The van der Waals surface area contributed by atoms with Crippen molar-refractivity contribution in [2.24, 2.45) is 5.41 Å². The van der Waals surface area contributed by atoms with E-state index in [2.05, 4.69) is 25.9 Å². The van der Waals surface area contributed by atoms with Crippen molar-refractivity contribution >= 4 is 22.9 Å². The number of hydrogen-bond donors (Lipinski definition) is 2. The van der Waals surface area contributed by atoms with E-state index in [1.807, 2.05) is 45.0 Å². The van der Waals surface area contributed by atoms with Crippen molar-refractivity contribution in [2.45, 2.75) is 27.2 Å². The Morgan fingerprint density at radius 3 is 3.00 bits per heavy atom. The van der Waals surface area contributed by atoms with E-state index in [9.17, 15) is 10.1 Å². The molecule has 0 unspecified atom stereocenters. The summed E-state index contributed by atoms with van der Waals surface area (Å²) in [5.41, 5.74) is 1.10. The van der Waals surface area contributed by atoms with E-state index in [0.29, 0.717) is 24.6 Å². The highest BCUT2D eigenvalue weighted by molar-refractivity contribution is 5.99. The van der Waals surface area contributed by atoms with E-state index in [1.165, 1.54) is 6.20 Å². The van der Waals surface area contributed by atoms with Gasteiger partial charge in [0.15, 0.2) is 0 Å². The van der Waals surface area contributed by atoms with Crippen molar-refractivity contribution < 1.29 is 9.53 Å². The second kappa shape index (κ2) is 7.45. The fraction of sp³-hybridized carbons (Fsp3) is 0.389. The van der Waals surface area contributed by atoms with Gasteiger partial charge in [0, 0.05) is 24.5 Å². The maximum atomic E-state index is 12.9. The third kappa shape index (κ3) is 3.74. The van der Waals surface area contributed by atoms with Crippen LogP contribution in [-0.4, -0.2) is 39.7 Å². The predicted octanol–water partition coefficient (Wildman–Crippen LogP) is 2.34. The van der Waals surface area contributed by atoms with E-state index < -0.39 is 5.41 Å². The highest BCUT2D eigenvalue weighted by Crippen LogP contribution is 2.38. The molecule has 0 saturated carbocycles. The first kappa shape index (κ1) is 18.4. The molecule has 27 heavy (non-hydrogen) atoms. The second-order valence-electron chi connectivity index (χ2n) is 6.86. The van der Waals surface area contributed by atoms with Gasteiger partial charge in [0.05, 0.1) is 11.1 Å². The Labute approximate surface area is 157 Å². The number of rotatable bonds is 5. The molecule has 140 valence electrons. The van der Waals surface area contributed by atoms with Crippen molar-refractivity contribution in [1.29, 1.82) is 5.26 Å². The number of benzene rings is 1. The van der Waals surface area contributed by atoms with E-state index >= 15 is 0 Å². The molecule has 0 radical (unpaired) electrons. The predicted molar refractivity (Wildman–Crippen MR) is 99.8 cm³/mol. The summed E-state index contributed by atoms with van der Waals surface area (Å²) in [5.74, 6) is 0.879. The van der Waals surface area contributed by atoms with E-state index in [1.54, 1.807) is 4.90 Å². The van der Waals surface area contributed by atoms with Gasteiger partial charge >= 0.3 is 0 Å². The Hall–Kier alpha value is -3.41. The molecule has 9 nitrogen and oxygen atoms in total. The van der Waals surface area contributed by atoms with Gasteiger partial charge in [0.1, 0.15) is 24.0 Å². The number of anilines is 2. The Kier molecular flexibility index (Phi) is 5.07. The zero-order valence-corrected chi connectivity index (χ0v) is 15.5. The van der Waals surface area contributed by atoms with Gasteiger partial charge in [-0.3, -0.25) is 4.79 Å². The van der Waals surface area contributed by atoms with Crippen LogP contribution in [0.3, 0.4) is 0 Å². The summed E-state index contributed by atoms with van der Waals surface area (Å²) >= 11 is 0. The molecular formula is C18H21N7O2. The number of nitrogens with zero attached hydrogens (tertiary/aromatic N) is 5. The van der Waals surface area contributed by atoms with Gasteiger partial charge in [-0.25, -0.2) is 0 Å². The fourth-order valence-corrected chi connectivity index (χ4v) is 2.76. The SMILES string of the molecule is CCCN1C(=O)C(C)(C)COc2cc(NC=C(C#N)c3nn[nH]n3)ccc21. The van der Waals surface area contributed by atoms with Gasteiger partial charge in [0.2, 0.25) is 11.7 Å². The molecular weight excluding hydrogens is 346 g/mol. The molecule has 3 rings (SSSR count). The minimum Gasteiger partial charge on any atom is -0.490 e. The molecule has 1 aromatic heterocycles. The van der Waals surface area contributed by atoms with Gasteiger partial charge in [-0.2, -0.15) is 10.5 Å². The van der Waals surface area contributed by atoms with Crippen LogP contribution in [0.4, 0.5) is 11.4 Å². The molecule has 1 aromatic carbocycles. The molecule has 0 fully saturated rings. The van der Waals surface area contributed by atoms with Gasteiger partial charge in [0.25, 0.3) is 0 Å². The van der Waals surface area contributed by atoms with Crippen LogP contribution in [0.25, 0.3) is 5.57 Å². The number of aromatic amines is 1. The molecule has 2 aromatic rings. The molecule has 2 heterocycles. The quantitative estimate of drug-likeness (QED) is 0.778. The van der Waals surface area contributed by atoms with Crippen LogP contribution >= 0.6 is 0 Å². The number of amides is 1. The minimum absolute atomic E-state index is 0.0487. The zero-order valence-electron chi connectivity index (χ0n) is 15.5. The number of nitriles is 1. The van der Waals surface area contributed by atoms with Gasteiger partial charge < -0.3 is 15.0 Å². The third-order valence-corrected chi connectivity index (χ3v) is 4.20. The minimum atomic E-state index is -0.603. The van der Waals surface area contributed by atoms with Gasteiger partial charge in [-0.1, -0.05) is 6.92 Å². The summed E-state index contributed by atoms with van der Waals surface area (Å²) < 4.78 is 5.93. The van der Waals surface area contributed by atoms with Crippen LogP contribution in [0, 0.1) is 16.7 Å². The number of fused-ring (bicyclic) bond motifs is 1. The molecule has 0 atom stereocenters. The van der Waals surface area contributed by atoms with E-state index in [-0.39, 0.29) is 17.3 Å². The largest absolute Gasteiger partial charge is 0.490 e. The number of carbonyl (C=O) groups excluding carboxylic acids is 1. The van der Waals surface area contributed by atoms with Gasteiger partial charge in [-0.15, -0.1) is 10.2 Å². The lowest BCUT2D eigenvalue weighted by Crippen LogP contribution is -2.42. The second-order valence-corrected chi connectivity index (χ2v) is 6.86. The van der Waals surface area contributed by atoms with Crippen molar-refractivity contribution in [3.63, 3.8) is 0 Å². The molecule has 0 bridgehead atoms. The molecule has 1 amide bonds. The highest BCUT2D eigenvalue weighted by atomic mass is 16.5. The monoisotopic (exact) mass is 367 g/mol. The Balaban J connectivity index is 1.89. The highest BCUT2D eigenvalue weighted by Gasteiger charge is 2.37. The van der Waals surface area contributed by atoms with Crippen LogP contribution in [0.1, 0.15) is 33.0 Å². The summed E-state index contributed by atoms with van der Waals surface area (Å²) in [7, 11) is 0. The summed E-state index contributed by atoms with van der Waals surface area (Å²) in [4.78, 5) is 14.6. The van der Waals surface area contributed by atoms with Crippen LogP contribution in [0.5, 0.6) is 5.75 Å². The normalized spacial score (nSPS) is 16.1. The number of ether oxygens (including phenoxy) is 1. The van der Waals surface area contributed by atoms with Crippen molar-refractivity contribution in [2.75, 3.05) is 23.4 Å². The van der Waals surface area contributed by atoms with Crippen molar-refractivity contribution in [3.8, 4) is 11.8 Å². The Morgan fingerprint density at radius 2 is 2.33 bits per heavy atom. The lowest BCUT2D eigenvalue weighted by atomic mass is 9.93. The molecule has 0 spiro atoms. The van der Waals surface area contributed by atoms with Crippen LogP contribution in [0.15, 0.2) is 24.4 Å². The summed E-state index contributed by atoms with van der Waals surface area (Å²) in [6.45, 7) is 6.73. The lowest BCUT2D eigenvalue weighted by molar-refractivity contribution is -0.127. The van der Waals surface area contributed by atoms with Crippen LogP contribution in [0.2, 0.25) is 0 Å². The number of aromatic nitrogens is 4. The Morgan fingerprint density at radius 1 is 1.52 bits per heavy atom. The number of nitrogens with one attached hydrogen (secondary N) is 2. The van der Waals surface area contributed by atoms with Crippen molar-refractivity contribution in [1.82, 2.24) is 20.6 Å². The number of hydrogen-bond acceptors (Lipinski definition) is 7. The first-order chi connectivity index (χ1) is 13.0. The molecule has 0 saturated heterocycles. The molecule has 1 aliphatic heterocycles. The van der Waals surface area contributed by atoms with Crippen LogP contribution in [-0.2, 0) is 4.79 Å². The first-order valence-electron chi connectivity index (χ1n) is 8.65. The summed E-state index contributed by atoms with van der Waals surface area (Å²) in [6, 6.07) is 7.51. The number of allylic oxidation sites excluding steroid dienone is 1. The maximum Gasteiger partial charge on any atom is 0.236 e. The van der Waals surface area contributed by atoms with Crippen molar-refractivity contribution in [3.05, 3.63) is 30.2 Å². The fourth-order valence-electron chi connectivity index (χ4n) is 2.76. The molecule has 9 heteroatoms. The van der Waals surface area contributed by atoms with E-state index in [0.717, 1.165) is 12.1 Å².